The smallest absolute Gasteiger partial charge is 0.310 e. The summed E-state index contributed by atoms with van der Waals surface area (Å²) in [4.78, 5) is 24.4. The first-order valence-electron chi connectivity index (χ1n) is 9.31. The molecule has 4 saturated carbocycles. The van der Waals surface area contributed by atoms with Crippen LogP contribution < -0.4 is 5.32 Å². The standard InChI is InChI=1S/C20H23Cl2NO3/c21-16-2-1-12(6-17(16)22)7-19(25)26-11-18(24)23-20-8-13-3-14(9-20)5-15(4-13)10-20/h1-2,6,13-15H,3-5,7-11H2,(H,23,24). The molecule has 140 valence electrons. The van der Waals surface area contributed by atoms with E-state index in [2.05, 4.69) is 5.32 Å². The highest BCUT2D eigenvalue weighted by molar-refractivity contribution is 6.42. The van der Waals surface area contributed by atoms with Gasteiger partial charge in [0, 0.05) is 5.54 Å². The van der Waals surface area contributed by atoms with Crippen LogP contribution in [0.2, 0.25) is 10.0 Å². The molecule has 0 unspecified atom stereocenters. The minimum Gasteiger partial charge on any atom is -0.455 e. The van der Waals surface area contributed by atoms with Gasteiger partial charge >= 0.3 is 5.97 Å². The van der Waals surface area contributed by atoms with Crippen molar-refractivity contribution in [2.45, 2.75) is 50.5 Å². The Labute approximate surface area is 163 Å². The summed E-state index contributed by atoms with van der Waals surface area (Å²) >= 11 is 11.8. The third-order valence-corrected chi connectivity index (χ3v) is 6.88. The predicted molar refractivity (Wildman–Crippen MR) is 100 cm³/mol. The number of nitrogens with one attached hydrogen (secondary N) is 1. The van der Waals surface area contributed by atoms with Gasteiger partial charge in [0.05, 0.1) is 16.5 Å². The van der Waals surface area contributed by atoms with Crippen molar-refractivity contribution in [2.24, 2.45) is 17.8 Å². The number of hydrogen-bond acceptors (Lipinski definition) is 3. The SMILES string of the molecule is O=C(COC(=O)Cc1ccc(Cl)c(Cl)c1)NC12CC3CC(CC(C3)C1)C2. The Morgan fingerprint density at radius 3 is 2.23 bits per heavy atom. The summed E-state index contributed by atoms with van der Waals surface area (Å²) in [6, 6.07) is 5.01. The Morgan fingerprint density at radius 1 is 1.04 bits per heavy atom. The summed E-state index contributed by atoms with van der Waals surface area (Å²) in [5.41, 5.74) is 0.660. The van der Waals surface area contributed by atoms with Crippen LogP contribution in [-0.2, 0) is 20.7 Å². The van der Waals surface area contributed by atoms with Crippen LogP contribution in [0, 0.1) is 17.8 Å². The molecule has 26 heavy (non-hydrogen) atoms. The molecule has 0 atom stereocenters. The zero-order valence-corrected chi connectivity index (χ0v) is 16.1. The lowest BCUT2D eigenvalue weighted by atomic mass is 9.53. The van der Waals surface area contributed by atoms with Crippen LogP contribution >= 0.6 is 23.2 Å². The van der Waals surface area contributed by atoms with E-state index in [0.717, 1.165) is 37.0 Å². The normalized spacial score (nSPS) is 31.7. The van der Waals surface area contributed by atoms with Crippen molar-refractivity contribution in [1.82, 2.24) is 5.32 Å². The lowest BCUT2D eigenvalue weighted by Crippen LogP contribution is -2.60. The average molecular weight is 396 g/mol. The third-order valence-electron chi connectivity index (χ3n) is 6.14. The van der Waals surface area contributed by atoms with Crippen molar-refractivity contribution in [3.05, 3.63) is 33.8 Å². The predicted octanol–water partition coefficient (Wildman–Crippen LogP) is 4.16. The Bertz CT molecular complexity index is 698. The van der Waals surface area contributed by atoms with E-state index in [-0.39, 0.29) is 24.5 Å². The minimum absolute atomic E-state index is 0.0536. The number of rotatable bonds is 5. The van der Waals surface area contributed by atoms with E-state index in [0.29, 0.717) is 15.6 Å². The molecule has 1 aromatic rings. The van der Waals surface area contributed by atoms with E-state index < -0.39 is 5.97 Å². The van der Waals surface area contributed by atoms with Gasteiger partial charge in [-0.05, 0) is 74.0 Å². The topological polar surface area (TPSA) is 55.4 Å². The van der Waals surface area contributed by atoms with E-state index in [1.165, 1.54) is 19.3 Å². The van der Waals surface area contributed by atoms with E-state index in [9.17, 15) is 9.59 Å². The van der Waals surface area contributed by atoms with Gasteiger partial charge in [0.1, 0.15) is 0 Å². The highest BCUT2D eigenvalue weighted by Gasteiger charge is 2.51. The van der Waals surface area contributed by atoms with Gasteiger partial charge in [-0.3, -0.25) is 9.59 Å². The number of benzene rings is 1. The fourth-order valence-corrected chi connectivity index (χ4v) is 5.93. The van der Waals surface area contributed by atoms with Gasteiger partial charge < -0.3 is 10.1 Å². The quantitative estimate of drug-likeness (QED) is 0.761. The van der Waals surface area contributed by atoms with E-state index in [1.807, 2.05) is 0 Å². The number of halogens is 2. The maximum atomic E-state index is 12.4. The van der Waals surface area contributed by atoms with Crippen molar-refractivity contribution >= 4 is 35.1 Å². The van der Waals surface area contributed by atoms with Crippen molar-refractivity contribution in [2.75, 3.05) is 6.61 Å². The van der Waals surface area contributed by atoms with Gasteiger partial charge in [-0.2, -0.15) is 0 Å². The van der Waals surface area contributed by atoms with Crippen molar-refractivity contribution < 1.29 is 14.3 Å². The highest BCUT2D eigenvalue weighted by atomic mass is 35.5. The summed E-state index contributed by atoms with van der Waals surface area (Å²) in [6.45, 7) is -0.220. The second-order valence-corrected chi connectivity index (χ2v) is 9.15. The lowest BCUT2D eigenvalue weighted by Gasteiger charge is -2.56. The molecule has 0 aromatic heterocycles. The molecule has 6 heteroatoms. The summed E-state index contributed by atoms with van der Waals surface area (Å²) < 4.78 is 5.16. The number of ether oxygens (including phenoxy) is 1. The van der Waals surface area contributed by atoms with E-state index >= 15 is 0 Å². The largest absolute Gasteiger partial charge is 0.455 e. The molecule has 4 bridgehead atoms. The number of hydrogen-bond donors (Lipinski definition) is 1. The zero-order chi connectivity index (χ0) is 18.3. The molecule has 4 aliphatic carbocycles. The molecule has 4 nitrogen and oxygen atoms in total. The molecular formula is C20H23Cl2NO3. The molecule has 0 radical (unpaired) electrons. The summed E-state index contributed by atoms with van der Waals surface area (Å²) in [5.74, 6) is 1.66. The fourth-order valence-electron chi connectivity index (χ4n) is 5.61. The fraction of sp³-hybridized carbons (Fsp3) is 0.600. The molecule has 1 amide bonds. The van der Waals surface area contributed by atoms with Crippen molar-refractivity contribution in [3.8, 4) is 0 Å². The van der Waals surface area contributed by atoms with Crippen LogP contribution in [0.1, 0.15) is 44.1 Å². The van der Waals surface area contributed by atoms with Crippen LogP contribution in [0.4, 0.5) is 0 Å². The average Bonchev–Trinajstić information content (AvgIpc) is 2.55. The monoisotopic (exact) mass is 395 g/mol. The van der Waals surface area contributed by atoms with Gasteiger partial charge in [0.2, 0.25) is 0 Å². The first-order valence-corrected chi connectivity index (χ1v) is 10.1. The number of amides is 1. The summed E-state index contributed by atoms with van der Waals surface area (Å²) in [6.07, 6.45) is 7.31. The molecule has 1 N–H and O–H groups in total. The van der Waals surface area contributed by atoms with Crippen molar-refractivity contribution in [3.63, 3.8) is 0 Å². The maximum Gasteiger partial charge on any atom is 0.310 e. The van der Waals surface area contributed by atoms with Gasteiger partial charge in [-0.25, -0.2) is 0 Å². The Hall–Kier alpha value is -1.26. The second kappa shape index (κ2) is 7.05. The van der Waals surface area contributed by atoms with Crippen LogP contribution in [0.3, 0.4) is 0 Å². The maximum absolute atomic E-state index is 12.4. The van der Waals surface area contributed by atoms with E-state index in [1.54, 1.807) is 18.2 Å². The number of carbonyl (C=O) groups excluding carboxylic acids is 2. The number of esters is 1. The highest BCUT2D eigenvalue weighted by Crippen LogP contribution is 2.55. The minimum atomic E-state index is -0.441. The second-order valence-electron chi connectivity index (χ2n) is 8.33. The van der Waals surface area contributed by atoms with E-state index in [4.69, 9.17) is 27.9 Å². The first-order chi connectivity index (χ1) is 12.4. The van der Waals surface area contributed by atoms with Gasteiger partial charge in [0.15, 0.2) is 6.61 Å². The molecule has 4 aliphatic rings. The van der Waals surface area contributed by atoms with Crippen LogP contribution in [-0.4, -0.2) is 24.0 Å². The number of carbonyl (C=O) groups is 2. The third kappa shape index (κ3) is 3.86. The first kappa shape index (κ1) is 18.1. The molecule has 0 saturated heterocycles. The molecular weight excluding hydrogens is 373 g/mol. The molecule has 0 spiro atoms. The molecule has 5 rings (SSSR count). The molecule has 1 aromatic carbocycles. The zero-order valence-electron chi connectivity index (χ0n) is 14.6. The van der Waals surface area contributed by atoms with Crippen LogP contribution in [0.5, 0.6) is 0 Å². The van der Waals surface area contributed by atoms with Gasteiger partial charge in [-0.1, -0.05) is 29.3 Å². The summed E-state index contributed by atoms with van der Waals surface area (Å²) in [7, 11) is 0. The van der Waals surface area contributed by atoms with Crippen molar-refractivity contribution in [1.29, 1.82) is 0 Å². The van der Waals surface area contributed by atoms with Gasteiger partial charge in [0.25, 0.3) is 5.91 Å². The molecule has 4 fully saturated rings. The summed E-state index contributed by atoms with van der Waals surface area (Å²) in [5, 5.41) is 4.05. The molecule has 0 aliphatic heterocycles. The Kier molecular flexibility index (Phi) is 4.91. The van der Waals surface area contributed by atoms with Crippen LogP contribution in [0.15, 0.2) is 18.2 Å². The Balaban J connectivity index is 1.27. The lowest BCUT2D eigenvalue weighted by molar-refractivity contribution is -0.149. The molecule has 0 heterocycles. The van der Waals surface area contributed by atoms with Crippen LogP contribution in [0.25, 0.3) is 0 Å². The van der Waals surface area contributed by atoms with Gasteiger partial charge in [-0.15, -0.1) is 0 Å². The Morgan fingerprint density at radius 2 is 1.65 bits per heavy atom.